The van der Waals surface area contributed by atoms with Crippen LogP contribution in [0.3, 0.4) is 0 Å². The average Bonchev–Trinajstić information content (AvgIpc) is 3.49. The maximum absolute atomic E-state index is 13.9. The van der Waals surface area contributed by atoms with E-state index < -0.39 is 10.8 Å². The van der Waals surface area contributed by atoms with Gasteiger partial charge in [0, 0.05) is 45.2 Å². The molecule has 0 aliphatic carbocycles. The highest BCUT2D eigenvalue weighted by Crippen LogP contribution is 2.44. The lowest BCUT2D eigenvalue weighted by Crippen LogP contribution is -2.17. The minimum Gasteiger partial charge on any atom is -0.590 e. The summed E-state index contributed by atoms with van der Waals surface area (Å²) < 4.78 is 15.4. The number of aromatic nitrogens is 5. The van der Waals surface area contributed by atoms with Crippen molar-refractivity contribution in [2.45, 2.75) is 0 Å². The number of nitrogens with zero attached hydrogens (tertiary/aromatic N) is 6. The normalized spacial score (nSPS) is 11.6. The smallest absolute Gasteiger partial charge is 0.239 e. The Kier molecular flexibility index (Phi) is 7.77. The highest BCUT2D eigenvalue weighted by Gasteiger charge is 2.25. The molecule has 0 saturated carbocycles. The predicted molar refractivity (Wildman–Crippen MR) is 206 cm³/mol. The van der Waals surface area contributed by atoms with E-state index in [0.717, 1.165) is 48.1 Å². The van der Waals surface area contributed by atoms with Gasteiger partial charge >= 0.3 is 0 Å². The van der Waals surface area contributed by atoms with Crippen LogP contribution in [0.25, 0.3) is 65.6 Å². The summed E-state index contributed by atoms with van der Waals surface area (Å²) in [6.07, 6.45) is 0. The zero-order valence-electron chi connectivity index (χ0n) is 27.2. The molecular weight excluding hydrogens is 649 g/mol. The van der Waals surface area contributed by atoms with Gasteiger partial charge in [0.1, 0.15) is 5.82 Å². The second kappa shape index (κ2) is 13.0. The average molecular weight is 677 g/mol. The van der Waals surface area contributed by atoms with Gasteiger partial charge in [0.05, 0.1) is 11.4 Å². The maximum Gasteiger partial charge on any atom is 0.239 e. The van der Waals surface area contributed by atoms with Gasteiger partial charge in [-0.15, -0.1) is 0 Å². The van der Waals surface area contributed by atoms with Gasteiger partial charge in [-0.2, -0.15) is 9.97 Å². The largest absolute Gasteiger partial charge is 0.590 e. The Hall–Kier alpha value is -6.61. The Labute approximate surface area is 297 Å². The first-order valence-electron chi connectivity index (χ1n) is 16.5. The van der Waals surface area contributed by atoms with Crippen molar-refractivity contribution in [2.75, 3.05) is 4.90 Å². The van der Waals surface area contributed by atoms with Gasteiger partial charge in [-0.25, -0.2) is 15.0 Å². The fraction of sp³-hybridized carbons (Fsp3) is 0. The molecule has 0 spiro atoms. The summed E-state index contributed by atoms with van der Waals surface area (Å²) in [5, 5.41) is 1.91. The molecule has 0 aliphatic rings. The van der Waals surface area contributed by atoms with Crippen molar-refractivity contribution < 1.29 is 4.55 Å². The van der Waals surface area contributed by atoms with Crippen LogP contribution in [0.2, 0.25) is 0 Å². The SMILES string of the molecule is [O-][s+]1c2ccccc2c2ccc(N(c3cc(-c4ccccc4)nc(-c4ccccc4)n3)c3nc(-c4ccccc4)nc(-c4ccccc4)n3)cc21. The first-order valence-corrected chi connectivity index (χ1v) is 17.7. The number of rotatable bonds is 7. The van der Waals surface area contributed by atoms with E-state index in [1.165, 1.54) is 0 Å². The fourth-order valence-corrected chi connectivity index (χ4v) is 7.69. The molecule has 51 heavy (non-hydrogen) atoms. The summed E-state index contributed by atoms with van der Waals surface area (Å²) in [5.74, 6) is 2.49. The Morgan fingerprint density at radius 1 is 0.412 bits per heavy atom. The lowest BCUT2D eigenvalue weighted by atomic mass is 10.1. The molecular formula is C43H28N6OS. The van der Waals surface area contributed by atoms with E-state index in [4.69, 9.17) is 24.9 Å². The Bertz CT molecular complexity index is 2410. The zero-order chi connectivity index (χ0) is 34.1. The molecule has 1 atom stereocenters. The van der Waals surface area contributed by atoms with Crippen LogP contribution in [0.5, 0.6) is 0 Å². The first-order chi connectivity index (χ1) is 25.2. The highest BCUT2D eigenvalue weighted by atomic mass is 32.2. The Morgan fingerprint density at radius 3 is 1.49 bits per heavy atom. The standard InChI is InChI=1S/C43H28N6OS/c50-51-37-24-14-13-23-34(37)35-26-25-33(27-38(35)51)49(39-28-36(29-15-5-1-6-16-29)44-40(45-39)30-17-7-2-8-18-30)43-47-41(31-19-9-3-10-20-31)46-42(48-43)32-21-11-4-12-22-32/h1-28H. The molecule has 3 aromatic heterocycles. The Morgan fingerprint density at radius 2 is 0.902 bits per heavy atom. The molecule has 9 rings (SSSR count). The lowest BCUT2D eigenvalue weighted by Gasteiger charge is -2.24. The molecule has 0 N–H and O–H groups in total. The third-order valence-electron chi connectivity index (χ3n) is 8.73. The fourth-order valence-electron chi connectivity index (χ4n) is 6.26. The lowest BCUT2D eigenvalue weighted by molar-refractivity contribution is 0.602. The zero-order valence-corrected chi connectivity index (χ0v) is 28.0. The third kappa shape index (κ3) is 5.78. The number of anilines is 3. The van der Waals surface area contributed by atoms with E-state index >= 15 is 0 Å². The molecule has 9 aromatic rings. The van der Waals surface area contributed by atoms with Crippen LogP contribution in [0.4, 0.5) is 17.5 Å². The van der Waals surface area contributed by atoms with Gasteiger partial charge in [0.25, 0.3) is 0 Å². The number of hydrogen-bond donors (Lipinski definition) is 0. The van der Waals surface area contributed by atoms with Crippen LogP contribution >= 0.6 is 10.8 Å². The van der Waals surface area contributed by atoms with Gasteiger partial charge in [0.15, 0.2) is 26.9 Å². The number of hydrogen-bond acceptors (Lipinski definition) is 7. The summed E-state index contributed by atoms with van der Waals surface area (Å²) in [5.41, 5.74) is 4.95. The quantitative estimate of drug-likeness (QED) is 0.155. The molecule has 6 aromatic carbocycles. The summed E-state index contributed by atoms with van der Waals surface area (Å²) in [4.78, 5) is 27.3. The molecule has 242 valence electrons. The number of thiophene rings is 1. The summed E-state index contributed by atoms with van der Waals surface area (Å²) in [6.45, 7) is 0. The maximum atomic E-state index is 13.9. The van der Waals surface area contributed by atoms with Gasteiger partial charge in [-0.3, -0.25) is 4.90 Å². The second-order valence-electron chi connectivity index (χ2n) is 12.0. The minimum absolute atomic E-state index is 0.362. The topological polar surface area (TPSA) is 90.8 Å². The van der Waals surface area contributed by atoms with Gasteiger partial charge in [-0.05, 0) is 35.0 Å². The van der Waals surface area contributed by atoms with Crippen LogP contribution in [0.1, 0.15) is 0 Å². The molecule has 0 saturated heterocycles. The van der Waals surface area contributed by atoms with Crippen molar-refractivity contribution in [3.63, 3.8) is 0 Å². The predicted octanol–water partition coefficient (Wildman–Crippen LogP) is 10.8. The number of benzene rings is 6. The van der Waals surface area contributed by atoms with Crippen molar-refractivity contribution in [3.8, 4) is 45.4 Å². The van der Waals surface area contributed by atoms with Crippen LogP contribution in [0.15, 0.2) is 170 Å². The second-order valence-corrected chi connectivity index (χ2v) is 13.4. The molecule has 7 nitrogen and oxygen atoms in total. The molecule has 0 aliphatic heterocycles. The van der Waals surface area contributed by atoms with Gasteiger partial charge in [0.2, 0.25) is 5.95 Å². The summed E-state index contributed by atoms with van der Waals surface area (Å²) in [7, 11) is -1.36. The van der Waals surface area contributed by atoms with E-state index in [2.05, 4.69) is 0 Å². The molecule has 3 heterocycles. The van der Waals surface area contributed by atoms with E-state index in [1.807, 2.05) is 175 Å². The summed E-state index contributed by atoms with van der Waals surface area (Å²) >= 11 is 0. The molecule has 0 amide bonds. The molecule has 0 fully saturated rings. The van der Waals surface area contributed by atoms with Crippen LogP contribution < -0.4 is 4.90 Å². The van der Waals surface area contributed by atoms with Crippen molar-refractivity contribution >= 4 is 48.4 Å². The van der Waals surface area contributed by atoms with E-state index in [-0.39, 0.29) is 0 Å². The molecule has 0 bridgehead atoms. The highest BCUT2D eigenvalue weighted by molar-refractivity contribution is 7.37. The minimum atomic E-state index is -1.36. The number of fused-ring (bicyclic) bond motifs is 3. The first kappa shape index (κ1) is 30.4. The van der Waals surface area contributed by atoms with Crippen molar-refractivity contribution in [2.24, 2.45) is 0 Å². The van der Waals surface area contributed by atoms with Crippen LogP contribution in [0, 0.1) is 0 Å². The third-order valence-corrected chi connectivity index (χ3v) is 10.2. The molecule has 8 heteroatoms. The van der Waals surface area contributed by atoms with E-state index in [9.17, 15) is 4.55 Å². The van der Waals surface area contributed by atoms with E-state index in [1.54, 1.807) is 0 Å². The van der Waals surface area contributed by atoms with Crippen LogP contribution in [-0.4, -0.2) is 29.5 Å². The van der Waals surface area contributed by atoms with Crippen molar-refractivity contribution in [1.29, 1.82) is 0 Å². The van der Waals surface area contributed by atoms with Crippen molar-refractivity contribution in [3.05, 3.63) is 170 Å². The van der Waals surface area contributed by atoms with E-state index in [0.29, 0.717) is 34.9 Å². The summed E-state index contributed by atoms with van der Waals surface area (Å²) in [6, 6.07) is 55.5. The Balaban J connectivity index is 1.34. The monoisotopic (exact) mass is 676 g/mol. The van der Waals surface area contributed by atoms with Gasteiger partial charge in [-0.1, -0.05) is 133 Å². The van der Waals surface area contributed by atoms with Crippen molar-refractivity contribution in [1.82, 2.24) is 24.9 Å². The molecule has 1 unspecified atom stereocenters. The molecule has 0 radical (unpaired) electrons. The van der Waals surface area contributed by atoms with Crippen LogP contribution in [-0.2, 0) is 0 Å². The van der Waals surface area contributed by atoms with Gasteiger partial charge < -0.3 is 4.55 Å².